The van der Waals surface area contributed by atoms with Gasteiger partial charge in [-0.1, -0.05) is 12.1 Å². The van der Waals surface area contributed by atoms with Gasteiger partial charge in [-0.15, -0.1) is 0 Å². The maximum Gasteiger partial charge on any atom is 0.128 e. The maximum atomic E-state index is 4.60. The number of hydrogen-bond acceptors (Lipinski definition) is 4. The first-order chi connectivity index (χ1) is 10.3. The molecule has 0 unspecified atom stereocenters. The van der Waals surface area contributed by atoms with Crippen molar-refractivity contribution in [3.05, 3.63) is 54.0 Å². The molecule has 0 atom stereocenters. The summed E-state index contributed by atoms with van der Waals surface area (Å²) in [5, 5.41) is 3.51. The molecular weight excluding hydrogens is 260 g/mol. The van der Waals surface area contributed by atoms with Crippen LogP contribution in [0.3, 0.4) is 0 Å². The van der Waals surface area contributed by atoms with Crippen molar-refractivity contribution in [2.45, 2.75) is 38.9 Å². The predicted molar refractivity (Wildman–Crippen MR) is 85.1 cm³/mol. The molecule has 0 aromatic carbocycles. The first-order valence-corrected chi connectivity index (χ1v) is 7.68. The van der Waals surface area contributed by atoms with E-state index in [-0.39, 0.29) is 0 Å². The van der Waals surface area contributed by atoms with Crippen LogP contribution < -0.4 is 10.2 Å². The predicted octanol–water partition coefficient (Wildman–Crippen LogP) is 2.76. The van der Waals surface area contributed by atoms with E-state index in [1.54, 1.807) is 0 Å². The van der Waals surface area contributed by atoms with Crippen LogP contribution >= 0.6 is 0 Å². The molecule has 0 amide bonds. The average Bonchev–Trinajstić information content (AvgIpc) is 3.37. The van der Waals surface area contributed by atoms with Gasteiger partial charge in [-0.2, -0.15) is 0 Å². The molecule has 1 aliphatic carbocycles. The number of nitrogens with zero attached hydrogens (tertiary/aromatic N) is 3. The molecule has 110 valence electrons. The normalized spacial score (nSPS) is 14.1. The third kappa shape index (κ3) is 4.02. The SMILES string of the molecule is CCN(Cc1ccccn1)c1ccc(CNC2CC2)cn1. The van der Waals surface area contributed by atoms with Gasteiger partial charge in [0.25, 0.3) is 0 Å². The van der Waals surface area contributed by atoms with Crippen molar-refractivity contribution in [3.63, 3.8) is 0 Å². The molecular formula is C17H22N4. The fourth-order valence-electron chi connectivity index (χ4n) is 2.30. The molecule has 3 rings (SSSR count). The van der Waals surface area contributed by atoms with Gasteiger partial charge in [-0.05, 0) is 43.5 Å². The van der Waals surface area contributed by atoms with Crippen LogP contribution in [0.4, 0.5) is 5.82 Å². The van der Waals surface area contributed by atoms with Crippen molar-refractivity contribution in [3.8, 4) is 0 Å². The fourth-order valence-corrected chi connectivity index (χ4v) is 2.30. The van der Waals surface area contributed by atoms with Gasteiger partial charge in [-0.25, -0.2) is 4.98 Å². The smallest absolute Gasteiger partial charge is 0.128 e. The molecule has 1 saturated carbocycles. The van der Waals surface area contributed by atoms with Crippen LogP contribution in [0.2, 0.25) is 0 Å². The fraction of sp³-hybridized carbons (Fsp3) is 0.412. The molecule has 0 saturated heterocycles. The van der Waals surface area contributed by atoms with E-state index in [1.165, 1.54) is 18.4 Å². The Balaban J connectivity index is 1.62. The molecule has 1 N–H and O–H groups in total. The quantitative estimate of drug-likeness (QED) is 0.848. The van der Waals surface area contributed by atoms with E-state index >= 15 is 0 Å². The van der Waals surface area contributed by atoms with E-state index in [9.17, 15) is 0 Å². The minimum atomic E-state index is 0.737. The van der Waals surface area contributed by atoms with E-state index in [0.29, 0.717) is 0 Å². The molecule has 2 aromatic rings. The highest BCUT2D eigenvalue weighted by atomic mass is 15.2. The molecule has 0 spiro atoms. The van der Waals surface area contributed by atoms with E-state index in [0.717, 1.165) is 37.2 Å². The minimum Gasteiger partial charge on any atom is -0.351 e. The summed E-state index contributed by atoms with van der Waals surface area (Å²) in [6.45, 7) is 4.78. The van der Waals surface area contributed by atoms with Crippen molar-refractivity contribution in [1.82, 2.24) is 15.3 Å². The molecule has 4 nitrogen and oxygen atoms in total. The zero-order valence-electron chi connectivity index (χ0n) is 12.5. The monoisotopic (exact) mass is 282 g/mol. The van der Waals surface area contributed by atoms with Crippen molar-refractivity contribution in [2.24, 2.45) is 0 Å². The Morgan fingerprint density at radius 3 is 2.71 bits per heavy atom. The number of rotatable bonds is 7. The van der Waals surface area contributed by atoms with Crippen molar-refractivity contribution in [2.75, 3.05) is 11.4 Å². The van der Waals surface area contributed by atoms with Crippen LogP contribution in [0.15, 0.2) is 42.7 Å². The Hall–Kier alpha value is -1.94. The van der Waals surface area contributed by atoms with E-state index in [4.69, 9.17) is 0 Å². The summed E-state index contributed by atoms with van der Waals surface area (Å²) < 4.78 is 0. The number of nitrogens with one attached hydrogen (secondary N) is 1. The van der Waals surface area contributed by atoms with Crippen molar-refractivity contribution >= 4 is 5.82 Å². The number of hydrogen-bond donors (Lipinski definition) is 1. The summed E-state index contributed by atoms with van der Waals surface area (Å²) in [4.78, 5) is 11.2. The lowest BCUT2D eigenvalue weighted by atomic mass is 10.2. The summed E-state index contributed by atoms with van der Waals surface area (Å²) in [6.07, 6.45) is 6.45. The van der Waals surface area contributed by atoms with Crippen molar-refractivity contribution < 1.29 is 0 Å². The lowest BCUT2D eigenvalue weighted by Crippen LogP contribution is -2.23. The largest absolute Gasteiger partial charge is 0.351 e. The van der Waals surface area contributed by atoms with Crippen LogP contribution in [-0.2, 0) is 13.1 Å². The highest BCUT2D eigenvalue weighted by Gasteiger charge is 2.19. The summed E-state index contributed by atoms with van der Waals surface area (Å²) in [5.74, 6) is 1.01. The van der Waals surface area contributed by atoms with Crippen LogP contribution in [0, 0.1) is 0 Å². The zero-order valence-corrected chi connectivity index (χ0v) is 12.5. The van der Waals surface area contributed by atoms with Crippen LogP contribution in [0.25, 0.3) is 0 Å². The van der Waals surface area contributed by atoms with Gasteiger partial charge in [0.05, 0.1) is 12.2 Å². The highest BCUT2D eigenvalue weighted by molar-refractivity contribution is 5.39. The number of aromatic nitrogens is 2. The summed E-state index contributed by atoms with van der Waals surface area (Å²) in [7, 11) is 0. The Labute approximate surface area is 126 Å². The van der Waals surface area contributed by atoms with Gasteiger partial charge in [0.1, 0.15) is 5.82 Å². The summed E-state index contributed by atoms with van der Waals surface area (Å²) >= 11 is 0. The Kier molecular flexibility index (Phi) is 4.46. The number of anilines is 1. The lowest BCUT2D eigenvalue weighted by molar-refractivity contribution is 0.685. The van der Waals surface area contributed by atoms with E-state index in [2.05, 4.69) is 45.3 Å². The molecule has 4 heteroatoms. The Bertz CT molecular complexity index is 549. The summed E-state index contributed by atoms with van der Waals surface area (Å²) in [5.41, 5.74) is 2.32. The second-order valence-electron chi connectivity index (χ2n) is 5.52. The van der Waals surface area contributed by atoms with Gasteiger partial charge in [0, 0.05) is 31.5 Å². The van der Waals surface area contributed by atoms with Crippen LogP contribution in [-0.4, -0.2) is 22.6 Å². The lowest BCUT2D eigenvalue weighted by Gasteiger charge is -2.21. The van der Waals surface area contributed by atoms with Gasteiger partial charge < -0.3 is 10.2 Å². The van der Waals surface area contributed by atoms with Gasteiger partial charge in [-0.3, -0.25) is 4.98 Å². The second kappa shape index (κ2) is 6.68. The average molecular weight is 282 g/mol. The number of pyridine rings is 2. The molecule has 2 heterocycles. The van der Waals surface area contributed by atoms with Crippen LogP contribution in [0.1, 0.15) is 31.0 Å². The molecule has 1 fully saturated rings. The first-order valence-electron chi connectivity index (χ1n) is 7.68. The topological polar surface area (TPSA) is 41.1 Å². The molecule has 0 aliphatic heterocycles. The first kappa shape index (κ1) is 14.0. The third-order valence-corrected chi connectivity index (χ3v) is 3.77. The molecule has 0 bridgehead atoms. The van der Waals surface area contributed by atoms with Gasteiger partial charge >= 0.3 is 0 Å². The Morgan fingerprint density at radius 1 is 1.19 bits per heavy atom. The summed E-state index contributed by atoms with van der Waals surface area (Å²) in [6, 6.07) is 11.0. The second-order valence-corrected chi connectivity index (χ2v) is 5.52. The van der Waals surface area contributed by atoms with E-state index in [1.807, 2.05) is 24.5 Å². The zero-order chi connectivity index (χ0) is 14.5. The van der Waals surface area contributed by atoms with E-state index < -0.39 is 0 Å². The minimum absolute atomic E-state index is 0.737. The molecule has 0 radical (unpaired) electrons. The van der Waals surface area contributed by atoms with Gasteiger partial charge in [0.2, 0.25) is 0 Å². The standard InChI is InChI=1S/C17H22N4/c1-2-21(13-16-5-3-4-10-18-16)17-9-6-14(12-20-17)11-19-15-7-8-15/h3-6,9-10,12,15,19H,2,7-8,11,13H2,1H3. The maximum absolute atomic E-state index is 4.60. The van der Waals surface area contributed by atoms with Crippen molar-refractivity contribution in [1.29, 1.82) is 0 Å². The molecule has 2 aromatic heterocycles. The van der Waals surface area contributed by atoms with Crippen LogP contribution in [0.5, 0.6) is 0 Å². The third-order valence-electron chi connectivity index (χ3n) is 3.77. The Morgan fingerprint density at radius 2 is 2.10 bits per heavy atom. The highest BCUT2D eigenvalue weighted by Crippen LogP contribution is 2.19. The van der Waals surface area contributed by atoms with Gasteiger partial charge in [0.15, 0.2) is 0 Å². The molecule has 1 aliphatic rings. The molecule has 21 heavy (non-hydrogen) atoms.